The molecule has 1 aliphatic heterocycles. The standard InChI is InChI=1S/C16H21BrN2O4/c1-9-18-14-11(15(21)22-5)6-10(17)7-12(14)19(9)8-13(20)23-16(2,3)4/h6-7,9,18H,8H2,1-5H3. The van der Waals surface area contributed by atoms with Crippen LogP contribution in [0.15, 0.2) is 16.6 Å². The molecule has 0 amide bonds. The lowest BCUT2D eigenvalue weighted by Crippen LogP contribution is -2.39. The third kappa shape index (κ3) is 3.96. The molecule has 0 aliphatic carbocycles. The summed E-state index contributed by atoms with van der Waals surface area (Å²) in [5, 5.41) is 3.22. The number of hydrogen-bond acceptors (Lipinski definition) is 6. The summed E-state index contributed by atoms with van der Waals surface area (Å²) in [6, 6.07) is 3.56. The number of nitrogens with zero attached hydrogens (tertiary/aromatic N) is 1. The van der Waals surface area contributed by atoms with Gasteiger partial charge in [-0.1, -0.05) is 15.9 Å². The molecule has 2 rings (SSSR count). The average Bonchev–Trinajstić information content (AvgIpc) is 2.72. The highest BCUT2D eigenvalue weighted by molar-refractivity contribution is 9.10. The highest BCUT2D eigenvalue weighted by Crippen LogP contribution is 2.40. The molecule has 0 spiro atoms. The molecule has 1 aromatic rings. The highest BCUT2D eigenvalue weighted by Gasteiger charge is 2.32. The van der Waals surface area contributed by atoms with Crippen molar-refractivity contribution >= 4 is 39.2 Å². The van der Waals surface area contributed by atoms with Gasteiger partial charge in [0.1, 0.15) is 12.1 Å². The molecule has 0 saturated carbocycles. The number of benzene rings is 1. The van der Waals surface area contributed by atoms with Crippen LogP contribution in [0.5, 0.6) is 0 Å². The molecule has 23 heavy (non-hydrogen) atoms. The van der Waals surface area contributed by atoms with Crippen LogP contribution >= 0.6 is 15.9 Å². The lowest BCUT2D eigenvalue weighted by Gasteiger charge is -2.26. The Hall–Kier alpha value is -1.76. The van der Waals surface area contributed by atoms with Crippen LogP contribution in [0.1, 0.15) is 38.1 Å². The van der Waals surface area contributed by atoms with Gasteiger partial charge in [0.15, 0.2) is 0 Å². The summed E-state index contributed by atoms with van der Waals surface area (Å²) < 4.78 is 10.9. The van der Waals surface area contributed by atoms with E-state index >= 15 is 0 Å². The normalized spacial score (nSPS) is 16.6. The maximum atomic E-state index is 12.1. The Morgan fingerprint density at radius 3 is 2.57 bits per heavy atom. The van der Waals surface area contributed by atoms with Crippen molar-refractivity contribution in [1.82, 2.24) is 0 Å². The van der Waals surface area contributed by atoms with Gasteiger partial charge in [-0.15, -0.1) is 0 Å². The maximum absolute atomic E-state index is 12.1. The second-order valence-corrected chi connectivity index (χ2v) is 7.29. The van der Waals surface area contributed by atoms with Gasteiger partial charge in [0, 0.05) is 4.47 Å². The molecule has 0 aromatic heterocycles. The van der Waals surface area contributed by atoms with E-state index in [0.717, 1.165) is 10.2 Å². The lowest BCUT2D eigenvalue weighted by molar-refractivity contribution is -0.153. The van der Waals surface area contributed by atoms with Gasteiger partial charge in [0.25, 0.3) is 0 Å². The van der Waals surface area contributed by atoms with Gasteiger partial charge in [-0.2, -0.15) is 0 Å². The molecule has 126 valence electrons. The number of ether oxygens (including phenoxy) is 2. The zero-order chi connectivity index (χ0) is 17.4. The van der Waals surface area contributed by atoms with Crippen molar-refractivity contribution < 1.29 is 19.1 Å². The Bertz CT molecular complexity index is 640. The number of esters is 2. The minimum atomic E-state index is -0.537. The third-order valence-electron chi connectivity index (χ3n) is 3.34. The van der Waals surface area contributed by atoms with E-state index in [4.69, 9.17) is 9.47 Å². The van der Waals surface area contributed by atoms with E-state index < -0.39 is 11.6 Å². The quantitative estimate of drug-likeness (QED) is 0.807. The van der Waals surface area contributed by atoms with Crippen LogP contribution in [0.4, 0.5) is 11.4 Å². The smallest absolute Gasteiger partial charge is 0.340 e. The Kier molecular flexibility index (Phi) is 4.89. The van der Waals surface area contributed by atoms with Gasteiger partial charge in [0.05, 0.1) is 30.2 Å². The molecular formula is C16H21BrN2O4. The van der Waals surface area contributed by atoms with Crippen molar-refractivity contribution in [3.63, 3.8) is 0 Å². The first-order valence-corrected chi connectivity index (χ1v) is 8.08. The predicted molar refractivity (Wildman–Crippen MR) is 91.8 cm³/mol. The molecule has 0 saturated heterocycles. The summed E-state index contributed by atoms with van der Waals surface area (Å²) in [4.78, 5) is 26.0. The minimum absolute atomic E-state index is 0.0928. The zero-order valence-electron chi connectivity index (χ0n) is 13.9. The van der Waals surface area contributed by atoms with Crippen molar-refractivity contribution in [2.45, 2.75) is 39.5 Å². The van der Waals surface area contributed by atoms with Crippen molar-refractivity contribution in [3.05, 3.63) is 22.2 Å². The van der Waals surface area contributed by atoms with Gasteiger partial charge >= 0.3 is 11.9 Å². The Labute approximate surface area is 144 Å². The average molecular weight is 385 g/mol. The van der Waals surface area contributed by atoms with Crippen molar-refractivity contribution in [3.8, 4) is 0 Å². The second-order valence-electron chi connectivity index (χ2n) is 6.37. The molecular weight excluding hydrogens is 364 g/mol. The van der Waals surface area contributed by atoms with Crippen molar-refractivity contribution in [1.29, 1.82) is 0 Å². The topological polar surface area (TPSA) is 67.9 Å². The Balaban J connectivity index is 2.32. The monoisotopic (exact) mass is 384 g/mol. The third-order valence-corrected chi connectivity index (χ3v) is 3.80. The van der Waals surface area contributed by atoms with Gasteiger partial charge in [-0.05, 0) is 39.8 Å². The van der Waals surface area contributed by atoms with Gasteiger partial charge in [-0.25, -0.2) is 4.79 Å². The lowest BCUT2D eigenvalue weighted by atomic mass is 10.1. The predicted octanol–water partition coefficient (Wildman–Crippen LogP) is 3.16. The summed E-state index contributed by atoms with van der Waals surface area (Å²) >= 11 is 3.40. The summed E-state index contributed by atoms with van der Waals surface area (Å²) in [6.07, 6.45) is -0.143. The summed E-state index contributed by atoms with van der Waals surface area (Å²) in [5.41, 5.74) is 1.31. The number of carbonyl (C=O) groups is 2. The van der Waals surface area contributed by atoms with E-state index in [2.05, 4.69) is 21.2 Å². The highest BCUT2D eigenvalue weighted by atomic mass is 79.9. The van der Waals surface area contributed by atoms with Crippen LogP contribution in [-0.2, 0) is 14.3 Å². The number of carbonyl (C=O) groups excluding carboxylic acids is 2. The molecule has 1 N–H and O–H groups in total. The molecule has 6 nitrogen and oxygen atoms in total. The summed E-state index contributed by atoms with van der Waals surface area (Å²) in [7, 11) is 1.34. The summed E-state index contributed by atoms with van der Waals surface area (Å²) in [6.45, 7) is 7.50. The van der Waals surface area contributed by atoms with Gasteiger partial charge < -0.3 is 19.7 Å². The van der Waals surface area contributed by atoms with Crippen LogP contribution in [0.3, 0.4) is 0 Å². The molecule has 0 fully saturated rings. The first-order valence-electron chi connectivity index (χ1n) is 7.29. The fourth-order valence-corrected chi connectivity index (χ4v) is 2.92. The van der Waals surface area contributed by atoms with Crippen LogP contribution in [0.25, 0.3) is 0 Å². The molecule has 1 atom stereocenters. The van der Waals surface area contributed by atoms with Crippen molar-refractivity contribution in [2.75, 3.05) is 23.9 Å². The number of fused-ring (bicyclic) bond motifs is 1. The summed E-state index contributed by atoms with van der Waals surface area (Å²) in [5.74, 6) is -0.750. The minimum Gasteiger partial charge on any atom is -0.465 e. The van der Waals surface area contributed by atoms with Crippen LogP contribution in [-0.4, -0.2) is 37.4 Å². The largest absolute Gasteiger partial charge is 0.465 e. The van der Waals surface area contributed by atoms with Crippen LogP contribution in [0.2, 0.25) is 0 Å². The van der Waals surface area contributed by atoms with Crippen molar-refractivity contribution in [2.24, 2.45) is 0 Å². The number of anilines is 2. The number of halogens is 1. The molecule has 1 unspecified atom stereocenters. The second kappa shape index (κ2) is 6.39. The molecule has 1 aliphatic rings. The van der Waals surface area contributed by atoms with Crippen LogP contribution in [0, 0.1) is 0 Å². The zero-order valence-corrected chi connectivity index (χ0v) is 15.5. The van der Waals surface area contributed by atoms with Gasteiger partial charge in [0.2, 0.25) is 0 Å². The van der Waals surface area contributed by atoms with E-state index in [-0.39, 0.29) is 18.7 Å². The fourth-order valence-electron chi connectivity index (χ4n) is 2.47. The molecule has 1 heterocycles. The van der Waals surface area contributed by atoms with E-state index in [0.29, 0.717) is 11.3 Å². The van der Waals surface area contributed by atoms with Gasteiger partial charge in [-0.3, -0.25) is 4.79 Å². The number of hydrogen-bond donors (Lipinski definition) is 1. The first-order chi connectivity index (χ1) is 10.6. The Morgan fingerprint density at radius 2 is 2.00 bits per heavy atom. The molecule has 7 heteroatoms. The maximum Gasteiger partial charge on any atom is 0.340 e. The molecule has 0 bridgehead atoms. The number of rotatable bonds is 3. The SMILES string of the molecule is COC(=O)c1cc(Br)cc2c1NC(C)N2CC(=O)OC(C)(C)C. The fraction of sp³-hybridized carbons (Fsp3) is 0.500. The van der Waals surface area contributed by atoms with E-state index in [1.807, 2.05) is 38.7 Å². The van der Waals surface area contributed by atoms with Crippen LogP contribution < -0.4 is 10.2 Å². The molecule has 1 aromatic carbocycles. The number of methoxy groups -OCH3 is 1. The molecule has 0 radical (unpaired) electrons. The van der Waals surface area contributed by atoms with E-state index in [9.17, 15) is 9.59 Å². The van der Waals surface area contributed by atoms with E-state index in [1.165, 1.54) is 7.11 Å². The van der Waals surface area contributed by atoms with E-state index in [1.54, 1.807) is 6.07 Å². The Morgan fingerprint density at radius 1 is 1.35 bits per heavy atom. The number of nitrogens with one attached hydrogen (secondary N) is 1. The first kappa shape index (κ1) is 17.6.